The molecule has 1 aromatic rings. The number of carbonyl (C=O) groups is 3. The maximum atomic E-state index is 12.5. The van der Waals surface area contributed by atoms with Crippen molar-refractivity contribution in [1.29, 1.82) is 0 Å². The molecule has 0 saturated carbocycles. The number of carboxylic acids is 1. The Hall–Kier alpha value is -2.83. The second kappa shape index (κ2) is 7.63. The molecule has 1 aliphatic carbocycles. The van der Waals surface area contributed by atoms with E-state index in [1.54, 1.807) is 30.4 Å². The van der Waals surface area contributed by atoms with Gasteiger partial charge < -0.3 is 25.3 Å². The average molecular weight is 331 g/mol. The SMILES string of the molecule is COc1ccc(NC(C)=O)cc1NC(=O)[C@H]1CC=CC[C@H]1C(=O)[O-]. The maximum absolute atomic E-state index is 12.5. The van der Waals surface area contributed by atoms with Crippen LogP contribution in [0.15, 0.2) is 30.4 Å². The zero-order valence-corrected chi connectivity index (χ0v) is 13.5. The lowest BCUT2D eigenvalue weighted by Crippen LogP contribution is -2.41. The summed E-state index contributed by atoms with van der Waals surface area (Å²) in [4.78, 5) is 34.9. The van der Waals surface area contributed by atoms with Crippen LogP contribution in [-0.4, -0.2) is 24.9 Å². The number of allylic oxidation sites excluding steroid dienone is 2. The van der Waals surface area contributed by atoms with Gasteiger partial charge in [-0.1, -0.05) is 12.2 Å². The highest BCUT2D eigenvalue weighted by molar-refractivity contribution is 5.97. The second-order valence-corrected chi connectivity index (χ2v) is 5.56. The Morgan fingerprint density at radius 3 is 2.38 bits per heavy atom. The van der Waals surface area contributed by atoms with E-state index in [0.717, 1.165) is 0 Å². The predicted octanol–water partition coefficient (Wildman–Crippen LogP) is 0.924. The average Bonchev–Trinajstić information content (AvgIpc) is 2.54. The molecule has 0 spiro atoms. The van der Waals surface area contributed by atoms with Crippen molar-refractivity contribution in [3.05, 3.63) is 30.4 Å². The Labute approximate surface area is 139 Å². The molecule has 0 fully saturated rings. The number of ether oxygens (including phenoxy) is 1. The molecule has 1 aliphatic rings. The van der Waals surface area contributed by atoms with Gasteiger partial charge in [-0.05, 0) is 31.0 Å². The summed E-state index contributed by atoms with van der Waals surface area (Å²) in [6, 6.07) is 4.81. The molecule has 2 N–H and O–H groups in total. The van der Waals surface area contributed by atoms with E-state index >= 15 is 0 Å². The Bertz CT molecular complexity index is 684. The number of anilines is 2. The number of benzene rings is 1. The molecule has 128 valence electrons. The number of methoxy groups -OCH3 is 1. The number of hydrogen-bond acceptors (Lipinski definition) is 5. The Balaban J connectivity index is 2.22. The summed E-state index contributed by atoms with van der Waals surface area (Å²) < 4.78 is 5.20. The summed E-state index contributed by atoms with van der Waals surface area (Å²) in [5.74, 6) is -3.07. The van der Waals surface area contributed by atoms with Gasteiger partial charge in [0.15, 0.2) is 0 Å². The van der Waals surface area contributed by atoms with Crippen molar-refractivity contribution >= 4 is 29.2 Å². The number of carboxylic acid groups (broad SMARTS) is 1. The van der Waals surface area contributed by atoms with Gasteiger partial charge in [0.05, 0.1) is 18.7 Å². The van der Waals surface area contributed by atoms with Crippen LogP contribution in [0.2, 0.25) is 0 Å². The molecule has 0 bridgehead atoms. The van der Waals surface area contributed by atoms with Gasteiger partial charge in [0, 0.05) is 24.5 Å². The zero-order valence-electron chi connectivity index (χ0n) is 13.5. The fraction of sp³-hybridized carbons (Fsp3) is 0.353. The molecular formula is C17H19N2O5-. The standard InChI is InChI=1S/C17H20N2O5/c1-10(20)18-11-7-8-15(24-2)14(9-11)19-16(21)12-5-3-4-6-13(12)17(22)23/h3-4,7-9,12-13H,5-6H2,1-2H3,(H,18,20)(H,19,21)(H,22,23)/p-1/t12-,13+/m0/s1. The summed E-state index contributed by atoms with van der Waals surface area (Å²) >= 11 is 0. The molecule has 7 heteroatoms. The predicted molar refractivity (Wildman–Crippen MR) is 86.3 cm³/mol. The van der Waals surface area contributed by atoms with Gasteiger partial charge in [0.2, 0.25) is 11.8 Å². The second-order valence-electron chi connectivity index (χ2n) is 5.56. The van der Waals surface area contributed by atoms with Crippen molar-refractivity contribution in [2.45, 2.75) is 19.8 Å². The van der Waals surface area contributed by atoms with Crippen LogP contribution in [0.1, 0.15) is 19.8 Å². The van der Waals surface area contributed by atoms with Gasteiger partial charge in [0.1, 0.15) is 5.75 Å². The lowest BCUT2D eigenvalue weighted by atomic mass is 9.82. The molecule has 0 aliphatic heterocycles. The lowest BCUT2D eigenvalue weighted by molar-refractivity contribution is -0.313. The summed E-state index contributed by atoms with van der Waals surface area (Å²) in [5.41, 5.74) is 0.860. The minimum absolute atomic E-state index is 0.244. The van der Waals surface area contributed by atoms with E-state index in [-0.39, 0.29) is 12.3 Å². The molecule has 2 rings (SSSR count). The summed E-state index contributed by atoms with van der Waals surface area (Å²) in [6.45, 7) is 1.38. The van der Waals surface area contributed by atoms with Gasteiger partial charge in [-0.3, -0.25) is 9.59 Å². The monoisotopic (exact) mass is 331 g/mol. The van der Waals surface area contributed by atoms with Crippen LogP contribution in [0, 0.1) is 11.8 Å². The third kappa shape index (κ3) is 4.13. The first kappa shape index (κ1) is 17.5. The van der Waals surface area contributed by atoms with Crippen molar-refractivity contribution in [3.8, 4) is 5.75 Å². The Kier molecular flexibility index (Phi) is 5.57. The van der Waals surface area contributed by atoms with Gasteiger partial charge in [-0.2, -0.15) is 0 Å². The van der Waals surface area contributed by atoms with Gasteiger partial charge in [0.25, 0.3) is 0 Å². The smallest absolute Gasteiger partial charge is 0.228 e. The number of nitrogens with one attached hydrogen (secondary N) is 2. The number of amides is 2. The van der Waals surface area contributed by atoms with Crippen LogP contribution in [0.3, 0.4) is 0 Å². The van der Waals surface area contributed by atoms with E-state index in [9.17, 15) is 19.5 Å². The molecule has 0 radical (unpaired) electrons. The molecular weight excluding hydrogens is 312 g/mol. The van der Waals surface area contributed by atoms with E-state index in [4.69, 9.17) is 4.74 Å². The number of aliphatic carboxylic acids is 1. The number of hydrogen-bond donors (Lipinski definition) is 2. The van der Waals surface area contributed by atoms with Crippen molar-refractivity contribution in [2.24, 2.45) is 11.8 Å². The number of rotatable bonds is 5. The first-order chi connectivity index (χ1) is 11.4. The quantitative estimate of drug-likeness (QED) is 0.780. The Morgan fingerprint density at radius 1 is 1.12 bits per heavy atom. The molecule has 0 saturated heterocycles. The summed E-state index contributed by atoms with van der Waals surface area (Å²) in [5, 5.41) is 16.5. The zero-order chi connectivity index (χ0) is 17.7. The number of carbonyl (C=O) groups excluding carboxylic acids is 3. The summed E-state index contributed by atoms with van der Waals surface area (Å²) in [6.07, 6.45) is 4.12. The van der Waals surface area contributed by atoms with Gasteiger partial charge in [-0.15, -0.1) is 0 Å². The van der Waals surface area contributed by atoms with Crippen LogP contribution < -0.4 is 20.5 Å². The highest BCUT2D eigenvalue weighted by atomic mass is 16.5. The first-order valence-electron chi connectivity index (χ1n) is 7.54. The third-order valence-electron chi connectivity index (χ3n) is 3.85. The van der Waals surface area contributed by atoms with Crippen LogP contribution in [0.5, 0.6) is 5.75 Å². The van der Waals surface area contributed by atoms with Crippen LogP contribution in [-0.2, 0) is 14.4 Å². The van der Waals surface area contributed by atoms with Crippen LogP contribution in [0.25, 0.3) is 0 Å². The molecule has 7 nitrogen and oxygen atoms in total. The highest BCUT2D eigenvalue weighted by Gasteiger charge is 2.30. The fourth-order valence-corrected chi connectivity index (χ4v) is 2.68. The Morgan fingerprint density at radius 2 is 1.79 bits per heavy atom. The third-order valence-corrected chi connectivity index (χ3v) is 3.85. The lowest BCUT2D eigenvalue weighted by Gasteiger charge is -2.28. The van der Waals surface area contributed by atoms with E-state index in [1.165, 1.54) is 14.0 Å². The molecule has 0 aromatic heterocycles. The maximum Gasteiger partial charge on any atom is 0.228 e. The minimum Gasteiger partial charge on any atom is -0.550 e. The van der Waals surface area contributed by atoms with E-state index in [1.807, 2.05) is 0 Å². The van der Waals surface area contributed by atoms with E-state index < -0.39 is 23.7 Å². The van der Waals surface area contributed by atoms with E-state index in [2.05, 4.69) is 10.6 Å². The molecule has 0 heterocycles. The van der Waals surface area contributed by atoms with Crippen molar-refractivity contribution in [1.82, 2.24) is 0 Å². The molecule has 24 heavy (non-hydrogen) atoms. The molecule has 2 atom stereocenters. The topological polar surface area (TPSA) is 108 Å². The van der Waals surface area contributed by atoms with Crippen molar-refractivity contribution in [3.63, 3.8) is 0 Å². The minimum atomic E-state index is -1.24. The molecule has 0 unspecified atom stereocenters. The highest BCUT2D eigenvalue weighted by Crippen LogP contribution is 2.31. The van der Waals surface area contributed by atoms with Gasteiger partial charge >= 0.3 is 0 Å². The van der Waals surface area contributed by atoms with Crippen LogP contribution in [0.4, 0.5) is 11.4 Å². The molecule has 1 aromatic carbocycles. The first-order valence-corrected chi connectivity index (χ1v) is 7.54. The van der Waals surface area contributed by atoms with Crippen LogP contribution >= 0.6 is 0 Å². The van der Waals surface area contributed by atoms with Gasteiger partial charge in [-0.25, -0.2) is 0 Å². The fourth-order valence-electron chi connectivity index (χ4n) is 2.68. The normalized spacial score (nSPS) is 19.4. The van der Waals surface area contributed by atoms with E-state index in [0.29, 0.717) is 23.5 Å². The largest absolute Gasteiger partial charge is 0.550 e. The van der Waals surface area contributed by atoms with Crippen molar-refractivity contribution in [2.75, 3.05) is 17.7 Å². The molecule has 2 amide bonds. The van der Waals surface area contributed by atoms with Crippen molar-refractivity contribution < 1.29 is 24.2 Å². The summed E-state index contributed by atoms with van der Waals surface area (Å²) in [7, 11) is 1.45.